The molecule has 17 heavy (non-hydrogen) atoms. The highest BCUT2D eigenvalue weighted by molar-refractivity contribution is 7.09. The Balaban J connectivity index is 1.77. The number of nitrogens with zero attached hydrogens (tertiary/aromatic N) is 3. The third-order valence-corrected chi connectivity index (χ3v) is 4.65. The van der Waals surface area contributed by atoms with E-state index in [2.05, 4.69) is 26.5 Å². The molecule has 4 nitrogen and oxygen atoms in total. The normalized spacial score (nSPS) is 28.4. The number of piperidine rings is 1. The lowest BCUT2D eigenvalue weighted by atomic mass is 9.92. The minimum Gasteiger partial charge on any atom is -0.342 e. The summed E-state index contributed by atoms with van der Waals surface area (Å²) in [6.45, 7) is 5.64. The van der Waals surface area contributed by atoms with Gasteiger partial charge in [-0.25, -0.2) is 4.98 Å². The van der Waals surface area contributed by atoms with Crippen LogP contribution in [-0.2, 0) is 6.42 Å². The third kappa shape index (κ3) is 2.18. The van der Waals surface area contributed by atoms with E-state index in [-0.39, 0.29) is 0 Å². The minimum absolute atomic E-state index is 0.658. The Hall–Kier alpha value is -0.680. The quantitative estimate of drug-likeness (QED) is 0.888. The molecule has 0 aromatic carbocycles. The van der Waals surface area contributed by atoms with Gasteiger partial charge in [-0.05, 0) is 25.2 Å². The molecule has 0 saturated carbocycles. The fourth-order valence-corrected chi connectivity index (χ4v) is 3.79. The number of aromatic nitrogens is 2. The van der Waals surface area contributed by atoms with Gasteiger partial charge < -0.3 is 10.2 Å². The largest absolute Gasteiger partial charge is 0.342 e. The number of hydrogen-bond donors (Lipinski definition) is 1. The summed E-state index contributed by atoms with van der Waals surface area (Å²) in [7, 11) is 0. The fraction of sp³-hybridized carbons (Fsp3) is 0.833. The van der Waals surface area contributed by atoms with Crippen molar-refractivity contribution >= 4 is 16.7 Å². The van der Waals surface area contributed by atoms with E-state index in [0.29, 0.717) is 6.04 Å². The molecule has 0 amide bonds. The lowest BCUT2D eigenvalue weighted by Gasteiger charge is -2.36. The summed E-state index contributed by atoms with van der Waals surface area (Å²) < 4.78 is 4.46. The first-order chi connectivity index (χ1) is 8.38. The summed E-state index contributed by atoms with van der Waals surface area (Å²) in [6.07, 6.45) is 4.81. The molecule has 2 fully saturated rings. The SMILES string of the molecule is CCCc1nsc(N2CCCC3CNCC32)n1. The van der Waals surface area contributed by atoms with Crippen LogP contribution in [0.1, 0.15) is 32.0 Å². The Kier molecular flexibility index (Phi) is 3.29. The maximum atomic E-state index is 4.69. The lowest BCUT2D eigenvalue weighted by molar-refractivity contribution is 0.385. The molecule has 94 valence electrons. The first-order valence-corrected chi connectivity index (χ1v) is 7.45. The van der Waals surface area contributed by atoms with E-state index in [1.165, 1.54) is 19.4 Å². The van der Waals surface area contributed by atoms with Crippen LogP contribution in [0.2, 0.25) is 0 Å². The topological polar surface area (TPSA) is 41.1 Å². The molecule has 0 bridgehead atoms. The Morgan fingerprint density at radius 3 is 3.29 bits per heavy atom. The monoisotopic (exact) mass is 252 g/mol. The van der Waals surface area contributed by atoms with Gasteiger partial charge in [0.2, 0.25) is 5.13 Å². The molecule has 2 aliphatic rings. The van der Waals surface area contributed by atoms with E-state index in [1.54, 1.807) is 11.5 Å². The number of rotatable bonds is 3. The van der Waals surface area contributed by atoms with Crippen LogP contribution in [0.3, 0.4) is 0 Å². The average molecular weight is 252 g/mol. The van der Waals surface area contributed by atoms with Crippen molar-refractivity contribution in [3.05, 3.63) is 5.82 Å². The zero-order chi connectivity index (χ0) is 11.7. The molecular weight excluding hydrogens is 232 g/mol. The molecule has 0 radical (unpaired) electrons. The van der Waals surface area contributed by atoms with E-state index in [1.807, 2.05) is 0 Å². The average Bonchev–Trinajstić information content (AvgIpc) is 2.96. The van der Waals surface area contributed by atoms with Crippen molar-refractivity contribution < 1.29 is 0 Å². The van der Waals surface area contributed by atoms with Crippen LogP contribution in [0.5, 0.6) is 0 Å². The van der Waals surface area contributed by atoms with E-state index < -0.39 is 0 Å². The maximum Gasteiger partial charge on any atom is 0.205 e. The van der Waals surface area contributed by atoms with Crippen molar-refractivity contribution in [1.29, 1.82) is 0 Å². The first kappa shape index (κ1) is 11.4. The summed E-state index contributed by atoms with van der Waals surface area (Å²) >= 11 is 1.58. The highest BCUT2D eigenvalue weighted by Gasteiger charge is 2.36. The van der Waals surface area contributed by atoms with Crippen LogP contribution >= 0.6 is 11.5 Å². The predicted molar refractivity (Wildman–Crippen MR) is 70.6 cm³/mol. The first-order valence-electron chi connectivity index (χ1n) is 6.68. The molecule has 5 heteroatoms. The van der Waals surface area contributed by atoms with Gasteiger partial charge in [0, 0.05) is 43.6 Å². The Morgan fingerprint density at radius 1 is 1.47 bits per heavy atom. The third-order valence-electron chi connectivity index (χ3n) is 3.86. The number of aryl methyl sites for hydroxylation is 1. The van der Waals surface area contributed by atoms with Gasteiger partial charge in [0.25, 0.3) is 0 Å². The second kappa shape index (κ2) is 4.90. The van der Waals surface area contributed by atoms with Crippen molar-refractivity contribution in [3.8, 4) is 0 Å². The van der Waals surface area contributed by atoms with Crippen LogP contribution in [0.25, 0.3) is 0 Å². The smallest absolute Gasteiger partial charge is 0.205 e. The lowest BCUT2D eigenvalue weighted by Crippen LogP contribution is -2.45. The van der Waals surface area contributed by atoms with Gasteiger partial charge in [-0.3, -0.25) is 0 Å². The van der Waals surface area contributed by atoms with Crippen molar-refractivity contribution in [2.24, 2.45) is 5.92 Å². The molecule has 1 aromatic heterocycles. The zero-order valence-corrected chi connectivity index (χ0v) is 11.2. The highest BCUT2D eigenvalue weighted by atomic mass is 32.1. The highest BCUT2D eigenvalue weighted by Crippen LogP contribution is 2.31. The second-order valence-corrected chi connectivity index (χ2v) is 5.79. The minimum atomic E-state index is 0.658. The second-order valence-electron chi connectivity index (χ2n) is 5.06. The summed E-state index contributed by atoms with van der Waals surface area (Å²) in [5.74, 6) is 1.85. The summed E-state index contributed by atoms with van der Waals surface area (Å²) in [5, 5.41) is 4.66. The molecule has 3 rings (SSSR count). The molecule has 2 atom stereocenters. The van der Waals surface area contributed by atoms with Crippen LogP contribution in [0, 0.1) is 5.92 Å². The summed E-state index contributed by atoms with van der Waals surface area (Å²) in [5.41, 5.74) is 0. The van der Waals surface area contributed by atoms with Gasteiger partial charge in [0.15, 0.2) is 0 Å². The van der Waals surface area contributed by atoms with Gasteiger partial charge in [-0.2, -0.15) is 4.37 Å². The maximum absolute atomic E-state index is 4.69. The van der Waals surface area contributed by atoms with Crippen molar-refractivity contribution in [2.75, 3.05) is 24.5 Å². The molecule has 3 heterocycles. The molecule has 2 unspecified atom stereocenters. The van der Waals surface area contributed by atoms with E-state index >= 15 is 0 Å². The number of nitrogens with one attached hydrogen (secondary N) is 1. The molecule has 0 spiro atoms. The van der Waals surface area contributed by atoms with Crippen LogP contribution in [-0.4, -0.2) is 35.0 Å². The Labute approximate surface area is 107 Å². The number of anilines is 1. The molecule has 2 aliphatic heterocycles. The number of hydrogen-bond acceptors (Lipinski definition) is 5. The summed E-state index contributed by atoms with van der Waals surface area (Å²) in [4.78, 5) is 7.18. The Bertz CT molecular complexity index is 378. The number of fused-ring (bicyclic) bond motifs is 1. The molecule has 1 aromatic rings. The standard InChI is InChI=1S/C12H20N4S/c1-2-4-11-14-12(17-15-11)16-6-3-5-9-7-13-8-10(9)16/h9-10,13H,2-8H2,1H3. The molecule has 1 N–H and O–H groups in total. The molecule has 2 saturated heterocycles. The van der Waals surface area contributed by atoms with Crippen molar-refractivity contribution in [3.63, 3.8) is 0 Å². The summed E-state index contributed by atoms with van der Waals surface area (Å²) in [6, 6.07) is 0.658. The van der Waals surface area contributed by atoms with Crippen molar-refractivity contribution in [1.82, 2.24) is 14.7 Å². The van der Waals surface area contributed by atoms with Crippen LogP contribution in [0.4, 0.5) is 5.13 Å². The van der Waals surface area contributed by atoms with Crippen LogP contribution < -0.4 is 10.2 Å². The van der Waals surface area contributed by atoms with E-state index in [0.717, 1.165) is 42.8 Å². The van der Waals surface area contributed by atoms with Gasteiger partial charge in [-0.15, -0.1) is 0 Å². The molecular formula is C12H20N4S. The van der Waals surface area contributed by atoms with E-state index in [9.17, 15) is 0 Å². The zero-order valence-electron chi connectivity index (χ0n) is 10.4. The predicted octanol–water partition coefficient (Wildman–Crippen LogP) is 1.68. The van der Waals surface area contributed by atoms with Crippen molar-refractivity contribution in [2.45, 2.75) is 38.6 Å². The van der Waals surface area contributed by atoms with E-state index in [4.69, 9.17) is 0 Å². The van der Waals surface area contributed by atoms with Crippen LogP contribution in [0.15, 0.2) is 0 Å². The Morgan fingerprint density at radius 2 is 2.41 bits per heavy atom. The van der Waals surface area contributed by atoms with Gasteiger partial charge in [0.1, 0.15) is 5.82 Å². The van der Waals surface area contributed by atoms with Gasteiger partial charge in [0.05, 0.1) is 0 Å². The van der Waals surface area contributed by atoms with Gasteiger partial charge >= 0.3 is 0 Å². The van der Waals surface area contributed by atoms with Gasteiger partial charge in [-0.1, -0.05) is 6.92 Å². The molecule has 0 aliphatic carbocycles. The fourth-order valence-electron chi connectivity index (χ4n) is 2.99.